The van der Waals surface area contributed by atoms with E-state index in [0.717, 1.165) is 11.1 Å². The molecule has 41 heavy (non-hydrogen) atoms. The zero-order valence-corrected chi connectivity index (χ0v) is 22.1. The van der Waals surface area contributed by atoms with Crippen molar-refractivity contribution in [3.05, 3.63) is 120 Å². The molecule has 0 amide bonds. The van der Waals surface area contributed by atoms with E-state index >= 15 is 0 Å². The molecule has 5 N–H and O–H groups in total. The Morgan fingerprint density at radius 1 is 0.878 bits per heavy atom. The lowest BCUT2D eigenvalue weighted by Gasteiger charge is -2.45. The largest absolute Gasteiger partial charge is 0.384 e. The predicted molar refractivity (Wildman–Crippen MR) is 150 cm³/mol. The summed E-state index contributed by atoms with van der Waals surface area (Å²) in [6.45, 7) is -0.273. The van der Waals surface area contributed by atoms with Crippen molar-refractivity contribution < 1.29 is 24.4 Å². The van der Waals surface area contributed by atoms with Crippen LogP contribution >= 0.6 is 0 Å². The first-order chi connectivity index (χ1) is 19.7. The molecule has 3 heterocycles. The van der Waals surface area contributed by atoms with Gasteiger partial charge in [-0.15, -0.1) is 0 Å². The van der Waals surface area contributed by atoms with Gasteiger partial charge in [0, 0.05) is 19.3 Å². The number of hydrogen-bond acceptors (Lipinski definition) is 8. The molecule has 1 aliphatic heterocycles. The number of nitrogens with zero attached hydrogens (tertiary/aromatic N) is 4. The third-order valence-electron chi connectivity index (χ3n) is 7.92. The van der Waals surface area contributed by atoms with Crippen molar-refractivity contribution in [3.63, 3.8) is 0 Å². The number of imidazole rings is 1. The molecule has 2 aromatic heterocycles. The van der Waals surface area contributed by atoms with E-state index in [9.17, 15) is 19.7 Å². The van der Waals surface area contributed by atoms with Gasteiger partial charge in [-0.25, -0.2) is 4.98 Å². The Balaban J connectivity index is 1.54. The lowest BCUT2D eigenvalue weighted by Crippen LogP contribution is -2.65. The fraction of sp³-hybridized carbons (Fsp3) is 0.258. The lowest BCUT2D eigenvalue weighted by molar-refractivity contribution is -0.212. The molecule has 1 aliphatic rings. The second kappa shape index (κ2) is 10.3. The van der Waals surface area contributed by atoms with E-state index < -0.39 is 29.1 Å². The Morgan fingerprint density at radius 2 is 1.44 bits per heavy atom. The minimum absolute atomic E-state index is 0.0446. The van der Waals surface area contributed by atoms with E-state index in [-0.39, 0.29) is 42.9 Å². The van der Waals surface area contributed by atoms with Gasteiger partial charge in [-0.1, -0.05) is 91.0 Å². The van der Waals surface area contributed by atoms with Gasteiger partial charge in [0.05, 0.1) is 12.9 Å². The van der Waals surface area contributed by atoms with E-state index in [0.29, 0.717) is 5.56 Å². The predicted octanol–water partition coefficient (Wildman–Crippen LogP) is 2.78. The van der Waals surface area contributed by atoms with E-state index in [2.05, 4.69) is 15.0 Å². The Bertz CT molecular complexity index is 1660. The normalized spacial score (nSPS) is 24.0. The van der Waals surface area contributed by atoms with Crippen LogP contribution in [0.4, 0.5) is 10.2 Å². The third-order valence-corrected chi connectivity index (χ3v) is 7.92. The molecule has 1 fully saturated rings. The highest BCUT2D eigenvalue weighted by Crippen LogP contribution is 2.47. The van der Waals surface area contributed by atoms with Gasteiger partial charge in [0.25, 0.3) is 0 Å². The van der Waals surface area contributed by atoms with Gasteiger partial charge in [-0.2, -0.15) is 14.4 Å². The van der Waals surface area contributed by atoms with Crippen LogP contribution in [0.25, 0.3) is 11.2 Å². The van der Waals surface area contributed by atoms with Gasteiger partial charge >= 0.3 is 6.08 Å². The first-order valence-electron chi connectivity index (χ1n) is 13.3. The highest BCUT2D eigenvalue weighted by atomic mass is 19.1. The first kappa shape index (κ1) is 27.0. The van der Waals surface area contributed by atoms with Crippen LogP contribution in [0.2, 0.25) is 0 Å². The molecule has 0 spiro atoms. The summed E-state index contributed by atoms with van der Waals surface area (Å²) in [4.78, 5) is 11.7. The summed E-state index contributed by atoms with van der Waals surface area (Å²) in [7, 11) is 0. The van der Waals surface area contributed by atoms with Crippen molar-refractivity contribution in [3.8, 4) is 0 Å². The number of fused-ring (bicyclic) bond motifs is 1. The van der Waals surface area contributed by atoms with Crippen LogP contribution in [0.3, 0.4) is 0 Å². The number of anilines is 1. The number of ether oxygens (including phenoxy) is 1. The molecule has 5 aromatic rings. The van der Waals surface area contributed by atoms with Gasteiger partial charge in [0.1, 0.15) is 17.3 Å². The van der Waals surface area contributed by atoms with Crippen molar-refractivity contribution in [1.82, 2.24) is 19.5 Å². The standard InChI is InChI=1S/C31H30FN5O4/c32-28-35-25(33)24-26(36-28)37(20-34-24)31(40,18-23-14-8-3-9-15-23)27-30(39,17-22-12-6-2-7-13-22)29(38,19-41-27)16-21-10-4-1-5-11-21/h1-15,20,27,38-40H,16-19H2,(H2,33,35,36)/t27-,29+,30+,31?/m0/s1. The van der Waals surface area contributed by atoms with E-state index in [1.165, 1.54) is 10.9 Å². The van der Waals surface area contributed by atoms with E-state index in [1.807, 2.05) is 91.0 Å². The van der Waals surface area contributed by atoms with Gasteiger partial charge < -0.3 is 25.8 Å². The number of nitrogens with two attached hydrogens (primary N) is 1. The number of aromatic nitrogens is 4. The fourth-order valence-electron chi connectivity index (χ4n) is 5.92. The summed E-state index contributed by atoms with van der Waals surface area (Å²) in [6.07, 6.45) is -1.31. The Labute approximate surface area is 235 Å². The van der Waals surface area contributed by atoms with Crippen molar-refractivity contribution in [2.75, 3.05) is 12.3 Å². The zero-order valence-electron chi connectivity index (χ0n) is 22.1. The summed E-state index contributed by atoms with van der Waals surface area (Å²) >= 11 is 0. The SMILES string of the molecule is Nc1nc(F)nc2c1ncn2C(O)(Cc1ccccc1)[C@H]1OC[C@](O)(Cc2ccccc2)[C@@]1(O)Cc1ccccc1. The topological polar surface area (TPSA) is 140 Å². The third kappa shape index (κ3) is 4.74. The van der Waals surface area contributed by atoms with Crippen LogP contribution in [-0.4, -0.2) is 58.8 Å². The molecule has 6 rings (SSSR count). The van der Waals surface area contributed by atoms with Gasteiger partial charge in [-0.3, -0.25) is 4.57 Å². The maximum absolute atomic E-state index is 14.4. The molecule has 0 bridgehead atoms. The minimum Gasteiger partial charge on any atom is -0.384 e. The first-order valence-corrected chi connectivity index (χ1v) is 13.3. The summed E-state index contributed by atoms with van der Waals surface area (Å²) in [5, 5.41) is 37.6. The molecular weight excluding hydrogens is 525 g/mol. The molecular formula is C31H30FN5O4. The second-order valence-electron chi connectivity index (χ2n) is 10.7. The van der Waals surface area contributed by atoms with Crippen LogP contribution in [0.15, 0.2) is 97.3 Å². The summed E-state index contributed by atoms with van der Waals surface area (Å²) in [5.41, 5.74) is 2.22. The number of hydrogen-bond donors (Lipinski definition) is 4. The number of aliphatic hydroxyl groups is 3. The van der Waals surface area contributed by atoms with Crippen molar-refractivity contribution in [1.29, 1.82) is 0 Å². The fourth-order valence-corrected chi connectivity index (χ4v) is 5.92. The molecule has 3 aromatic carbocycles. The van der Waals surface area contributed by atoms with Crippen LogP contribution in [-0.2, 0) is 29.7 Å². The van der Waals surface area contributed by atoms with Gasteiger partial charge in [0.2, 0.25) is 0 Å². The molecule has 210 valence electrons. The average Bonchev–Trinajstić information content (AvgIpc) is 3.50. The van der Waals surface area contributed by atoms with Crippen molar-refractivity contribution in [2.24, 2.45) is 0 Å². The summed E-state index contributed by atoms with van der Waals surface area (Å²) in [6, 6.07) is 27.6. The molecule has 1 unspecified atom stereocenters. The van der Waals surface area contributed by atoms with Crippen LogP contribution in [0, 0.1) is 6.08 Å². The molecule has 1 saturated heterocycles. The Morgan fingerprint density at radius 3 is 2.05 bits per heavy atom. The molecule has 0 aliphatic carbocycles. The average molecular weight is 556 g/mol. The van der Waals surface area contributed by atoms with E-state index in [1.54, 1.807) is 0 Å². The summed E-state index contributed by atoms with van der Waals surface area (Å²) in [5.74, 6) is -0.194. The molecule has 4 atom stereocenters. The Hall–Kier alpha value is -4.22. The van der Waals surface area contributed by atoms with E-state index in [4.69, 9.17) is 10.5 Å². The van der Waals surface area contributed by atoms with Crippen LogP contribution in [0.1, 0.15) is 16.7 Å². The number of nitrogen functional groups attached to an aromatic ring is 1. The number of benzene rings is 3. The highest BCUT2D eigenvalue weighted by Gasteiger charge is 2.66. The molecule has 0 radical (unpaired) electrons. The lowest BCUT2D eigenvalue weighted by atomic mass is 9.70. The number of halogens is 1. The maximum Gasteiger partial charge on any atom is 0.312 e. The summed E-state index contributed by atoms with van der Waals surface area (Å²) < 4.78 is 21.9. The minimum atomic E-state index is -2.10. The molecule has 9 nitrogen and oxygen atoms in total. The van der Waals surface area contributed by atoms with Crippen LogP contribution in [0.5, 0.6) is 0 Å². The Kier molecular flexibility index (Phi) is 6.79. The highest BCUT2D eigenvalue weighted by molar-refractivity contribution is 5.81. The smallest absolute Gasteiger partial charge is 0.312 e. The van der Waals surface area contributed by atoms with Gasteiger partial charge in [-0.05, 0) is 16.7 Å². The number of rotatable bonds is 8. The zero-order chi connectivity index (χ0) is 28.7. The van der Waals surface area contributed by atoms with Crippen molar-refractivity contribution >= 4 is 17.0 Å². The molecule has 0 saturated carbocycles. The molecule has 10 heteroatoms. The quantitative estimate of drug-likeness (QED) is 0.214. The monoisotopic (exact) mass is 555 g/mol. The van der Waals surface area contributed by atoms with Crippen molar-refractivity contribution in [2.45, 2.75) is 42.3 Å². The van der Waals surface area contributed by atoms with Crippen LogP contribution < -0.4 is 5.73 Å². The van der Waals surface area contributed by atoms with Gasteiger partial charge in [0.15, 0.2) is 22.7 Å². The maximum atomic E-state index is 14.4. The second-order valence-corrected chi connectivity index (χ2v) is 10.7.